The van der Waals surface area contributed by atoms with E-state index >= 15 is 0 Å². The van der Waals surface area contributed by atoms with Crippen molar-refractivity contribution in [3.05, 3.63) is 48.4 Å². The molecule has 2 aromatic rings. The molecule has 3 rings (SSSR count). The maximum absolute atomic E-state index is 5.43. The number of hydrogen-bond acceptors (Lipinski definition) is 4. The van der Waals surface area contributed by atoms with Gasteiger partial charge in [0.1, 0.15) is 5.76 Å². The highest BCUT2D eigenvalue weighted by Gasteiger charge is 2.19. The normalized spacial score (nSPS) is 15.9. The number of hydrogen-bond donors (Lipinski definition) is 1. The van der Waals surface area contributed by atoms with E-state index in [-0.39, 0.29) is 6.04 Å². The van der Waals surface area contributed by atoms with Crippen LogP contribution in [0, 0.1) is 0 Å². The highest BCUT2D eigenvalue weighted by atomic mass is 16.3. The zero-order valence-electron chi connectivity index (χ0n) is 12.7. The number of nitrogens with zero attached hydrogens (tertiary/aromatic N) is 2. The molecule has 0 bridgehead atoms. The first-order chi connectivity index (χ1) is 10.3. The average molecular weight is 285 g/mol. The van der Waals surface area contributed by atoms with E-state index in [1.165, 1.54) is 11.4 Å². The molecule has 112 valence electrons. The summed E-state index contributed by atoms with van der Waals surface area (Å²) in [5.74, 6) is 0.994. The van der Waals surface area contributed by atoms with Crippen LogP contribution in [0.4, 0.5) is 11.4 Å². The minimum Gasteiger partial charge on any atom is -0.468 e. The van der Waals surface area contributed by atoms with Crippen molar-refractivity contribution in [3.63, 3.8) is 0 Å². The van der Waals surface area contributed by atoms with Crippen molar-refractivity contribution in [2.24, 2.45) is 0 Å². The average Bonchev–Trinajstić information content (AvgIpc) is 3.04. The third kappa shape index (κ3) is 3.05. The second-order valence-corrected chi connectivity index (χ2v) is 5.59. The summed E-state index contributed by atoms with van der Waals surface area (Å²) in [6.45, 7) is 6.24. The van der Waals surface area contributed by atoms with Crippen molar-refractivity contribution in [2.45, 2.75) is 13.0 Å². The summed E-state index contributed by atoms with van der Waals surface area (Å²) in [5, 5.41) is 3.53. The Labute approximate surface area is 126 Å². The number of likely N-dealkylation sites (N-methyl/N-ethyl adjacent to an activating group) is 1. The van der Waals surface area contributed by atoms with Crippen LogP contribution in [0.3, 0.4) is 0 Å². The summed E-state index contributed by atoms with van der Waals surface area (Å²) in [6, 6.07) is 12.8. The Morgan fingerprint density at radius 1 is 1.14 bits per heavy atom. The van der Waals surface area contributed by atoms with E-state index < -0.39 is 0 Å². The van der Waals surface area contributed by atoms with E-state index in [1.807, 2.05) is 12.1 Å². The van der Waals surface area contributed by atoms with E-state index in [0.717, 1.165) is 31.9 Å². The van der Waals surface area contributed by atoms with Crippen LogP contribution in [0.1, 0.15) is 18.7 Å². The second-order valence-electron chi connectivity index (χ2n) is 5.59. The number of benzene rings is 1. The second kappa shape index (κ2) is 6.22. The fourth-order valence-electron chi connectivity index (χ4n) is 2.85. The molecule has 1 aromatic heterocycles. The Balaban J connectivity index is 1.58. The van der Waals surface area contributed by atoms with Gasteiger partial charge in [0, 0.05) is 33.2 Å². The molecule has 0 spiro atoms. The van der Waals surface area contributed by atoms with Crippen molar-refractivity contribution in [2.75, 3.05) is 43.0 Å². The summed E-state index contributed by atoms with van der Waals surface area (Å²) in [4.78, 5) is 4.78. The molecule has 1 aliphatic heterocycles. The smallest absolute Gasteiger partial charge is 0.120 e. The number of nitrogens with one attached hydrogen (secondary N) is 1. The number of fused-ring (bicyclic) bond motifs is 1. The van der Waals surface area contributed by atoms with Crippen molar-refractivity contribution < 1.29 is 4.42 Å². The Morgan fingerprint density at radius 3 is 2.71 bits per heavy atom. The van der Waals surface area contributed by atoms with E-state index in [2.05, 4.69) is 53.4 Å². The monoisotopic (exact) mass is 285 g/mol. The topological polar surface area (TPSA) is 31.6 Å². The number of para-hydroxylation sites is 2. The summed E-state index contributed by atoms with van der Waals surface area (Å²) in [6.07, 6.45) is 1.73. The molecule has 0 aliphatic carbocycles. The van der Waals surface area contributed by atoms with Crippen LogP contribution in [0.25, 0.3) is 0 Å². The Morgan fingerprint density at radius 2 is 1.95 bits per heavy atom. The zero-order valence-corrected chi connectivity index (χ0v) is 12.7. The first kappa shape index (κ1) is 14.0. The fraction of sp³-hybridized carbons (Fsp3) is 0.412. The molecular weight excluding hydrogens is 262 g/mol. The van der Waals surface area contributed by atoms with Gasteiger partial charge in [0.05, 0.1) is 23.7 Å². The van der Waals surface area contributed by atoms with E-state index in [1.54, 1.807) is 6.26 Å². The minimum atomic E-state index is 0.253. The summed E-state index contributed by atoms with van der Waals surface area (Å²) in [5.41, 5.74) is 2.65. The van der Waals surface area contributed by atoms with E-state index in [4.69, 9.17) is 4.42 Å². The van der Waals surface area contributed by atoms with Gasteiger partial charge in [-0.05, 0) is 31.2 Å². The van der Waals surface area contributed by atoms with Gasteiger partial charge in [0.2, 0.25) is 0 Å². The fourth-order valence-corrected chi connectivity index (χ4v) is 2.85. The maximum atomic E-state index is 5.43. The SMILES string of the molecule is CC(NCCN1CCN(C)c2ccccc21)c1ccco1. The van der Waals surface area contributed by atoms with Crippen LogP contribution in [0.2, 0.25) is 0 Å². The molecule has 1 unspecified atom stereocenters. The van der Waals surface area contributed by atoms with Crippen molar-refractivity contribution >= 4 is 11.4 Å². The van der Waals surface area contributed by atoms with E-state index in [0.29, 0.717) is 0 Å². The van der Waals surface area contributed by atoms with Gasteiger partial charge in [0.25, 0.3) is 0 Å². The zero-order chi connectivity index (χ0) is 14.7. The van der Waals surface area contributed by atoms with Crippen LogP contribution in [-0.2, 0) is 0 Å². The largest absolute Gasteiger partial charge is 0.468 e. The molecule has 21 heavy (non-hydrogen) atoms. The van der Waals surface area contributed by atoms with Crippen LogP contribution < -0.4 is 15.1 Å². The van der Waals surface area contributed by atoms with Gasteiger partial charge in [-0.1, -0.05) is 12.1 Å². The molecule has 1 atom stereocenters. The lowest BCUT2D eigenvalue weighted by atomic mass is 10.1. The molecule has 2 heterocycles. The highest BCUT2D eigenvalue weighted by Crippen LogP contribution is 2.31. The quantitative estimate of drug-likeness (QED) is 0.915. The third-order valence-electron chi connectivity index (χ3n) is 4.14. The first-order valence-electron chi connectivity index (χ1n) is 7.57. The van der Waals surface area contributed by atoms with Crippen molar-refractivity contribution in [3.8, 4) is 0 Å². The molecule has 4 heteroatoms. The van der Waals surface area contributed by atoms with Crippen LogP contribution in [-0.4, -0.2) is 33.2 Å². The van der Waals surface area contributed by atoms with Gasteiger partial charge in [-0.3, -0.25) is 0 Å². The molecule has 0 fully saturated rings. The van der Waals surface area contributed by atoms with Crippen LogP contribution in [0.15, 0.2) is 47.1 Å². The van der Waals surface area contributed by atoms with Crippen LogP contribution >= 0.6 is 0 Å². The third-order valence-corrected chi connectivity index (χ3v) is 4.14. The minimum absolute atomic E-state index is 0.253. The Kier molecular flexibility index (Phi) is 4.15. The van der Waals surface area contributed by atoms with Gasteiger partial charge in [-0.2, -0.15) is 0 Å². The lowest BCUT2D eigenvalue weighted by molar-refractivity contribution is 0.432. The van der Waals surface area contributed by atoms with Gasteiger partial charge in [-0.25, -0.2) is 0 Å². The van der Waals surface area contributed by atoms with Gasteiger partial charge in [0.15, 0.2) is 0 Å². The highest BCUT2D eigenvalue weighted by molar-refractivity contribution is 5.73. The summed E-state index contributed by atoms with van der Waals surface area (Å²) in [7, 11) is 2.16. The first-order valence-corrected chi connectivity index (χ1v) is 7.57. The van der Waals surface area contributed by atoms with Gasteiger partial charge < -0.3 is 19.5 Å². The van der Waals surface area contributed by atoms with Gasteiger partial charge >= 0.3 is 0 Å². The summed E-state index contributed by atoms with van der Waals surface area (Å²) < 4.78 is 5.43. The molecule has 0 radical (unpaired) electrons. The molecule has 1 N–H and O–H groups in total. The van der Waals surface area contributed by atoms with Crippen molar-refractivity contribution in [1.82, 2.24) is 5.32 Å². The van der Waals surface area contributed by atoms with Crippen molar-refractivity contribution in [1.29, 1.82) is 0 Å². The molecule has 0 amide bonds. The molecule has 0 saturated heterocycles. The molecular formula is C17H23N3O. The molecule has 4 nitrogen and oxygen atoms in total. The number of furan rings is 1. The molecule has 0 saturated carbocycles. The Hall–Kier alpha value is -1.94. The standard InChI is InChI=1S/C17H23N3O/c1-14(17-8-5-13-21-17)18-9-10-20-12-11-19(2)15-6-3-4-7-16(15)20/h3-8,13-14,18H,9-12H2,1-2H3. The number of rotatable bonds is 5. The molecule has 1 aliphatic rings. The van der Waals surface area contributed by atoms with Crippen LogP contribution in [0.5, 0.6) is 0 Å². The van der Waals surface area contributed by atoms with Gasteiger partial charge in [-0.15, -0.1) is 0 Å². The summed E-state index contributed by atoms with van der Waals surface area (Å²) >= 11 is 0. The predicted octanol–water partition coefficient (Wildman–Crippen LogP) is 2.89. The van der Waals surface area contributed by atoms with E-state index in [9.17, 15) is 0 Å². The maximum Gasteiger partial charge on any atom is 0.120 e. The lowest BCUT2D eigenvalue weighted by Gasteiger charge is -2.37. The molecule has 1 aromatic carbocycles. The Bertz CT molecular complexity index is 567. The predicted molar refractivity (Wildman–Crippen MR) is 87.1 cm³/mol. The number of anilines is 2. The lowest BCUT2D eigenvalue weighted by Crippen LogP contribution is -2.42.